The molecule has 12 rings (SSSR count). The normalized spacial score (nSPS) is 34.2. The van der Waals surface area contributed by atoms with E-state index < -0.39 is 42.1 Å². The second kappa shape index (κ2) is 27.0. The average molecular weight is 1320 g/mol. The number of aryl methyl sites for hydroxylation is 2. The largest absolute Gasteiger partial charge is 0.490 e. The summed E-state index contributed by atoms with van der Waals surface area (Å²) in [4.78, 5) is 32.0. The van der Waals surface area contributed by atoms with Gasteiger partial charge in [0.2, 0.25) is 10.0 Å². The molecule has 2 amide bonds. The van der Waals surface area contributed by atoms with Crippen LogP contribution < -0.4 is 28.7 Å². The van der Waals surface area contributed by atoms with Gasteiger partial charge >= 0.3 is 0 Å². The molecular weight excluding hydrogens is 1220 g/mol. The highest BCUT2D eigenvalue weighted by molar-refractivity contribution is 7.99. The van der Waals surface area contributed by atoms with Crippen molar-refractivity contribution >= 4 is 72.0 Å². The monoisotopic (exact) mass is 1310 g/mol. The molecule has 1 unspecified atom stereocenters. The Morgan fingerprint density at radius 2 is 1.01 bits per heavy atom. The molecule has 2 fully saturated rings. The first-order chi connectivity index (χ1) is 43.0. The molecule has 4 aliphatic heterocycles. The summed E-state index contributed by atoms with van der Waals surface area (Å²) in [6.45, 7) is 12.9. The Morgan fingerprint density at radius 1 is 0.567 bits per heavy atom. The summed E-state index contributed by atoms with van der Waals surface area (Å²) in [5.74, 6) is 5.90. The van der Waals surface area contributed by atoms with Crippen LogP contribution in [0.4, 0.5) is 11.4 Å². The molecule has 15 nitrogen and oxygen atoms in total. The SMILES string of the molecule is C=S1(=O)NC(=O)c2ccc3c(c2)N(C[C@@H]2CC[C@H]2[C@](COC)(OC)CCC[C@H](C)[C@H]1C)C[C@@]1(CCCc2cc(Cl)ccc21)CO3.COC[C@]1(OC)CCC[C@H](C)[C@@H](C)S(=O)(=O)NC(=O)c2ccc3c(c2)N(C[C@@H]2CC[C@H]21)C[C@@]1(CCCc2cc(Cl)ccc21)CO3. The van der Waals surface area contributed by atoms with Crippen molar-refractivity contribution in [1.82, 2.24) is 9.44 Å². The molecule has 2 N–H and O–H groups in total. The number of ether oxygens (including phenoxy) is 6. The Balaban J connectivity index is 0.000000185. The number of sulfonamides is 1. The van der Waals surface area contributed by atoms with Crippen molar-refractivity contribution in [3.63, 3.8) is 0 Å². The molecule has 0 radical (unpaired) electrons. The fraction of sp³-hybridized carbons (Fsp3) is 0.620. The van der Waals surface area contributed by atoms with E-state index in [4.69, 9.17) is 51.6 Å². The second-order valence-corrected chi connectivity index (χ2v) is 33.5. The third kappa shape index (κ3) is 13.2. The number of benzene rings is 4. The van der Waals surface area contributed by atoms with Crippen LogP contribution in [0.5, 0.6) is 11.5 Å². The van der Waals surface area contributed by atoms with Gasteiger partial charge in [0.15, 0.2) is 0 Å². The summed E-state index contributed by atoms with van der Waals surface area (Å²) in [5.41, 5.74) is 6.36. The van der Waals surface area contributed by atoms with Crippen LogP contribution in [0.15, 0.2) is 72.8 Å². The van der Waals surface area contributed by atoms with Crippen LogP contribution in [0.3, 0.4) is 0 Å². The molecule has 2 spiro atoms. The van der Waals surface area contributed by atoms with Crippen LogP contribution >= 0.6 is 23.2 Å². The number of methoxy groups -OCH3 is 4. The highest BCUT2D eigenvalue weighted by Gasteiger charge is 2.52. The number of nitrogens with zero attached hydrogens (tertiary/aromatic N) is 2. The van der Waals surface area contributed by atoms with Gasteiger partial charge in [0.05, 0.1) is 64.0 Å². The number of carbonyl (C=O) groups is 2. The Kier molecular flexibility index (Phi) is 20.1. The molecule has 90 heavy (non-hydrogen) atoms. The van der Waals surface area contributed by atoms with Gasteiger partial charge in [-0.2, -0.15) is 0 Å². The summed E-state index contributed by atoms with van der Waals surface area (Å²) in [5, 5.41) is 0.492. The molecule has 19 heteroatoms. The van der Waals surface area contributed by atoms with Crippen LogP contribution in [-0.4, -0.2) is 133 Å². The molecular formula is C71H96Cl2N4O11S2. The van der Waals surface area contributed by atoms with Crippen LogP contribution in [0.1, 0.15) is 161 Å². The van der Waals surface area contributed by atoms with E-state index in [1.54, 1.807) is 40.4 Å². The highest BCUT2D eigenvalue weighted by atomic mass is 35.5. The van der Waals surface area contributed by atoms with E-state index in [0.29, 0.717) is 73.4 Å². The molecule has 0 aromatic heterocycles. The van der Waals surface area contributed by atoms with Crippen molar-refractivity contribution in [3.05, 3.63) is 116 Å². The van der Waals surface area contributed by atoms with Crippen LogP contribution in [0.2, 0.25) is 10.0 Å². The number of hydrogen-bond donors (Lipinski definition) is 2. The quantitative estimate of drug-likeness (QED) is 0.175. The fourth-order valence-corrected chi connectivity index (χ4v) is 20.3. The van der Waals surface area contributed by atoms with E-state index >= 15 is 0 Å². The Bertz CT molecular complexity index is 3290. The van der Waals surface area contributed by atoms with Gasteiger partial charge in [-0.25, -0.2) is 17.3 Å². The van der Waals surface area contributed by atoms with Gasteiger partial charge in [0.25, 0.3) is 11.8 Å². The molecule has 8 aliphatic rings. The number of hydrogen-bond acceptors (Lipinski definition) is 13. The summed E-state index contributed by atoms with van der Waals surface area (Å²) in [6, 6.07) is 23.5. The number of rotatable bonds is 6. The molecule has 13 atom stereocenters. The van der Waals surface area contributed by atoms with Crippen molar-refractivity contribution in [2.75, 3.05) is 90.8 Å². The minimum Gasteiger partial charge on any atom is -0.490 e. The van der Waals surface area contributed by atoms with Crippen molar-refractivity contribution < 1.29 is 50.6 Å². The minimum atomic E-state index is -3.90. The Morgan fingerprint density at radius 3 is 1.43 bits per heavy atom. The Labute approximate surface area is 545 Å². The number of fused-ring (bicyclic) bond motifs is 8. The van der Waals surface area contributed by atoms with E-state index in [9.17, 15) is 22.2 Å². The van der Waals surface area contributed by atoms with Gasteiger partial charge in [0.1, 0.15) is 11.5 Å². The molecule has 4 aromatic rings. The van der Waals surface area contributed by atoms with Crippen LogP contribution in [0, 0.1) is 35.5 Å². The lowest BCUT2D eigenvalue weighted by Crippen LogP contribution is -2.55. The molecule has 4 aliphatic carbocycles. The highest BCUT2D eigenvalue weighted by Crippen LogP contribution is 2.53. The van der Waals surface area contributed by atoms with Crippen molar-refractivity contribution in [2.45, 2.75) is 163 Å². The van der Waals surface area contributed by atoms with Gasteiger partial charge < -0.3 is 38.2 Å². The van der Waals surface area contributed by atoms with Gasteiger partial charge in [-0.3, -0.25) is 14.3 Å². The first-order valence-electron chi connectivity index (χ1n) is 33.0. The lowest BCUT2D eigenvalue weighted by molar-refractivity contribution is -0.147. The molecule has 4 bridgehead atoms. The van der Waals surface area contributed by atoms with Gasteiger partial charge in [-0.05, 0) is 228 Å². The van der Waals surface area contributed by atoms with Gasteiger partial charge in [0, 0.05) is 91.9 Å². The summed E-state index contributed by atoms with van der Waals surface area (Å²) in [7, 11) is 0.313. The zero-order valence-electron chi connectivity index (χ0n) is 54.2. The van der Waals surface area contributed by atoms with E-state index in [2.05, 4.69) is 56.3 Å². The summed E-state index contributed by atoms with van der Waals surface area (Å²) in [6.07, 6.45) is 15.4. The van der Waals surface area contributed by atoms with Crippen molar-refractivity contribution in [1.29, 1.82) is 0 Å². The maximum atomic E-state index is 13.8. The molecule has 2 saturated carbocycles. The number of anilines is 2. The third-order valence-electron chi connectivity index (χ3n) is 23.0. The fourth-order valence-electron chi connectivity index (χ4n) is 17.1. The van der Waals surface area contributed by atoms with Crippen molar-refractivity contribution in [3.8, 4) is 11.5 Å². The summed E-state index contributed by atoms with van der Waals surface area (Å²) >= 11 is 12.9. The maximum Gasteiger partial charge on any atom is 0.264 e. The minimum absolute atomic E-state index is 0.109. The number of amides is 2. The van der Waals surface area contributed by atoms with E-state index in [-0.39, 0.29) is 33.8 Å². The topological polar surface area (TPSA) is 171 Å². The predicted octanol–water partition coefficient (Wildman–Crippen LogP) is 12.6. The third-order valence-corrected chi connectivity index (χ3v) is 27.6. The zero-order chi connectivity index (χ0) is 64.0. The Hall–Kier alpha value is -4.59. The standard InChI is InChI=1S/C36H49ClN2O5S.C35H47ClN2O6S/c1-24-8-6-17-36(43-4,23-42-3)31-13-10-28(31)20-39-21-35(16-7-9-26-18-29(37)12-14-30(26)35)22-44-33-15-11-27(19-32(33)39)34(40)38-45(5,41)25(24)2;1-23-7-5-16-35(43-4,22-42-3)30-12-9-27(30)19-38-20-34(15-6-8-25-17-28(36)11-13-29(25)34)21-44-32-14-10-26(18-31(32)38)33(39)37-45(40,41)24(23)2/h11-12,14-15,18-19,24-25,28,31H,5-10,13,16-17,20-23H2,1-4H3,(H,38,40,41);10-11,13-14,17-18,23-24,27,30H,5-9,12,15-16,19-22H2,1-4H3,(H,37,39)/t24-,25+,28-,31+,35-,36-,45?;23-,24+,27-,30+,34-,35+/m00/s1. The van der Waals surface area contributed by atoms with Crippen LogP contribution in [-0.2, 0) is 62.4 Å². The molecule has 4 heterocycles. The van der Waals surface area contributed by atoms with Crippen LogP contribution in [0.25, 0.3) is 0 Å². The number of halogens is 2. The smallest absolute Gasteiger partial charge is 0.264 e. The van der Waals surface area contributed by atoms with E-state index in [1.165, 1.54) is 22.3 Å². The van der Waals surface area contributed by atoms with Gasteiger partial charge in [-0.15, -0.1) is 0 Å². The lowest BCUT2D eigenvalue weighted by atomic mass is 9.63. The summed E-state index contributed by atoms with van der Waals surface area (Å²) < 4.78 is 83.4. The first-order valence-corrected chi connectivity index (χ1v) is 37.0. The lowest BCUT2D eigenvalue weighted by Gasteiger charge is -2.51. The van der Waals surface area contributed by atoms with E-state index in [0.717, 1.165) is 150 Å². The molecule has 492 valence electrons. The van der Waals surface area contributed by atoms with Crippen molar-refractivity contribution in [2.24, 2.45) is 35.5 Å². The zero-order valence-corrected chi connectivity index (χ0v) is 57.3. The van der Waals surface area contributed by atoms with Gasteiger partial charge in [-0.1, -0.05) is 62.0 Å². The predicted molar refractivity (Wildman–Crippen MR) is 360 cm³/mol. The van der Waals surface area contributed by atoms with E-state index in [1.807, 2.05) is 57.4 Å². The molecule has 0 saturated heterocycles. The average Bonchev–Trinajstić information content (AvgIpc) is 1.40. The maximum absolute atomic E-state index is 13.8. The number of carbonyl (C=O) groups excluding carboxylic acids is 2. The first kappa shape index (κ1) is 66.9. The second-order valence-electron chi connectivity index (χ2n) is 28.1. The molecule has 4 aromatic carbocycles. The number of nitrogens with one attached hydrogen (secondary N) is 2.